The van der Waals surface area contributed by atoms with E-state index in [9.17, 15) is 13.2 Å². The molecule has 1 amide bonds. The number of sulfonamides is 1. The maximum atomic E-state index is 12.7. The molecular formula is C15H21ClN2O4S. The van der Waals surface area contributed by atoms with Gasteiger partial charge in [0.1, 0.15) is 5.75 Å². The Balaban J connectivity index is 2.13. The molecule has 0 saturated carbocycles. The maximum Gasteiger partial charge on any atom is 0.243 e. The van der Waals surface area contributed by atoms with Crippen LogP contribution in [-0.4, -0.2) is 57.8 Å². The number of halogens is 1. The molecule has 0 unspecified atom stereocenters. The van der Waals surface area contributed by atoms with E-state index >= 15 is 0 Å². The summed E-state index contributed by atoms with van der Waals surface area (Å²) in [5.74, 6) is 0.367. The highest BCUT2D eigenvalue weighted by atomic mass is 35.5. The van der Waals surface area contributed by atoms with Crippen LogP contribution in [0.1, 0.15) is 12.8 Å². The molecule has 128 valence electrons. The molecule has 6 nitrogen and oxygen atoms in total. The van der Waals surface area contributed by atoms with Crippen LogP contribution >= 0.6 is 11.6 Å². The molecule has 1 saturated heterocycles. The van der Waals surface area contributed by atoms with Crippen molar-refractivity contribution in [1.82, 2.24) is 9.21 Å². The first kappa shape index (κ1) is 18.0. The lowest BCUT2D eigenvalue weighted by atomic mass is 9.97. The Morgan fingerprint density at radius 3 is 2.39 bits per heavy atom. The minimum absolute atomic E-state index is 0.0505. The van der Waals surface area contributed by atoms with Gasteiger partial charge in [-0.2, -0.15) is 4.31 Å². The van der Waals surface area contributed by atoms with Gasteiger partial charge >= 0.3 is 0 Å². The first-order chi connectivity index (χ1) is 10.8. The van der Waals surface area contributed by atoms with Crippen LogP contribution in [0.25, 0.3) is 0 Å². The number of hydrogen-bond acceptors (Lipinski definition) is 4. The van der Waals surface area contributed by atoms with Gasteiger partial charge in [-0.05, 0) is 31.0 Å². The number of ether oxygens (including phenoxy) is 1. The number of carbonyl (C=O) groups is 1. The molecule has 8 heteroatoms. The number of rotatable bonds is 4. The number of methoxy groups -OCH3 is 1. The SMILES string of the molecule is COc1ccc(S(=O)(=O)N2CCC(C(=O)N(C)C)CC2)cc1Cl. The molecule has 0 atom stereocenters. The first-order valence-electron chi connectivity index (χ1n) is 7.32. The number of benzene rings is 1. The molecule has 0 aromatic heterocycles. The third-order valence-corrected chi connectivity index (χ3v) is 6.19. The zero-order valence-electron chi connectivity index (χ0n) is 13.5. The van der Waals surface area contributed by atoms with Gasteiger partial charge in [0, 0.05) is 33.1 Å². The van der Waals surface area contributed by atoms with Crippen molar-refractivity contribution in [2.24, 2.45) is 5.92 Å². The summed E-state index contributed by atoms with van der Waals surface area (Å²) in [5.41, 5.74) is 0. The van der Waals surface area contributed by atoms with E-state index in [4.69, 9.17) is 16.3 Å². The standard InChI is InChI=1S/C15H21ClN2O4S/c1-17(2)15(19)11-6-8-18(9-7-11)23(20,21)12-4-5-14(22-3)13(16)10-12/h4-5,10-11H,6-9H2,1-3H3. The van der Waals surface area contributed by atoms with Crippen LogP contribution in [0.5, 0.6) is 5.75 Å². The van der Waals surface area contributed by atoms with Crippen LogP contribution in [0.4, 0.5) is 0 Å². The summed E-state index contributed by atoms with van der Waals surface area (Å²) in [5, 5.41) is 0.256. The van der Waals surface area contributed by atoms with Crippen LogP contribution in [0.2, 0.25) is 5.02 Å². The smallest absolute Gasteiger partial charge is 0.243 e. The van der Waals surface area contributed by atoms with Crippen molar-refractivity contribution in [3.8, 4) is 5.75 Å². The van der Waals surface area contributed by atoms with E-state index in [1.54, 1.807) is 19.0 Å². The van der Waals surface area contributed by atoms with Crippen LogP contribution in [-0.2, 0) is 14.8 Å². The number of amides is 1. The zero-order chi connectivity index (χ0) is 17.2. The van der Waals surface area contributed by atoms with Crippen LogP contribution in [0, 0.1) is 5.92 Å². The molecule has 0 spiro atoms. The van der Waals surface area contributed by atoms with Gasteiger partial charge in [-0.15, -0.1) is 0 Å². The van der Waals surface area contributed by atoms with Gasteiger partial charge in [0.05, 0.1) is 17.0 Å². The minimum Gasteiger partial charge on any atom is -0.495 e. The number of carbonyl (C=O) groups excluding carboxylic acids is 1. The summed E-state index contributed by atoms with van der Waals surface area (Å²) in [4.78, 5) is 13.7. The van der Waals surface area contributed by atoms with E-state index in [0.717, 1.165) is 0 Å². The Morgan fingerprint density at radius 2 is 1.91 bits per heavy atom. The highest BCUT2D eigenvalue weighted by Gasteiger charge is 2.32. The fraction of sp³-hybridized carbons (Fsp3) is 0.533. The Morgan fingerprint density at radius 1 is 1.30 bits per heavy atom. The monoisotopic (exact) mass is 360 g/mol. The largest absolute Gasteiger partial charge is 0.495 e. The number of piperidine rings is 1. The third-order valence-electron chi connectivity index (χ3n) is 4.00. The van der Waals surface area contributed by atoms with Crippen molar-refractivity contribution in [3.63, 3.8) is 0 Å². The van der Waals surface area contributed by atoms with Crippen LogP contribution < -0.4 is 4.74 Å². The average molecular weight is 361 g/mol. The fourth-order valence-corrected chi connectivity index (χ4v) is 4.48. The molecule has 1 fully saturated rings. The van der Waals surface area contributed by atoms with Gasteiger partial charge < -0.3 is 9.64 Å². The molecule has 2 rings (SSSR count). The van der Waals surface area contributed by atoms with E-state index in [1.165, 1.54) is 29.6 Å². The second kappa shape index (κ2) is 7.07. The molecule has 0 bridgehead atoms. The van der Waals surface area contributed by atoms with E-state index in [1.807, 2.05) is 0 Å². The van der Waals surface area contributed by atoms with Gasteiger partial charge in [-0.3, -0.25) is 4.79 Å². The topological polar surface area (TPSA) is 66.9 Å². The molecule has 0 N–H and O–H groups in total. The van der Waals surface area contributed by atoms with Crippen molar-refractivity contribution in [2.45, 2.75) is 17.7 Å². The highest BCUT2D eigenvalue weighted by molar-refractivity contribution is 7.89. The lowest BCUT2D eigenvalue weighted by Crippen LogP contribution is -2.42. The first-order valence-corrected chi connectivity index (χ1v) is 9.14. The van der Waals surface area contributed by atoms with Crippen LogP contribution in [0.15, 0.2) is 23.1 Å². The minimum atomic E-state index is -3.61. The predicted molar refractivity (Wildman–Crippen MR) is 88.2 cm³/mol. The fourth-order valence-electron chi connectivity index (χ4n) is 2.66. The second-order valence-corrected chi connectivity index (χ2v) is 8.05. The highest BCUT2D eigenvalue weighted by Crippen LogP contribution is 2.30. The molecule has 0 aliphatic carbocycles. The molecule has 23 heavy (non-hydrogen) atoms. The molecule has 1 aliphatic rings. The van der Waals surface area contributed by atoms with Gasteiger partial charge in [-0.25, -0.2) is 8.42 Å². The molecule has 0 radical (unpaired) electrons. The van der Waals surface area contributed by atoms with Crippen molar-refractivity contribution < 1.29 is 17.9 Å². The summed E-state index contributed by atoms with van der Waals surface area (Å²) in [6, 6.07) is 4.42. The lowest BCUT2D eigenvalue weighted by Gasteiger charge is -2.31. The van der Waals surface area contributed by atoms with Crippen molar-refractivity contribution >= 4 is 27.5 Å². The van der Waals surface area contributed by atoms with Crippen molar-refractivity contribution in [1.29, 1.82) is 0 Å². The number of nitrogens with zero attached hydrogens (tertiary/aromatic N) is 2. The Kier molecular flexibility index (Phi) is 5.54. The second-order valence-electron chi connectivity index (χ2n) is 5.71. The van der Waals surface area contributed by atoms with Crippen molar-refractivity contribution in [2.75, 3.05) is 34.3 Å². The summed E-state index contributed by atoms with van der Waals surface area (Å²) >= 11 is 6.02. The predicted octanol–water partition coefficient (Wildman–Crippen LogP) is 1.84. The molecule has 1 aromatic carbocycles. The summed E-state index contributed by atoms with van der Waals surface area (Å²) in [6.07, 6.45) is 1.06. The quantitative estimate of drug-likeness (QED) is 0.821. The molecular weight excluding hydrogens is 340 g/mol. The Hall–Kier alpha value is -1.31. The summed E-state index contributed by atoms with van der Waals surface area (Å²) in [6.45, 7) is 0.659. The zero-order valence-corrected chi connectivity index (χ0v) is 15.0. The van der Waals surface area contributed by atoms with Gasteiger partial charge in [-0.1, -0.05) is 11.6 Å². The Bertz CT molecular complexity index is 683. The molecule has 1 heterocycles. The van der Waals surface area contributed by atoms with Gasteiger partial charge in [0.25, 0.3) is 0 Å². The van der Waals surface area contributed by atoms with E-state index in [-0.39, 0.29) is 21.7 Å². The normalized spacial score (nSPS) is 17.0. The Labute approximate surface area is 142 Å². The maximum absolute atomic E-state index is 12.7. The van der Waals surface area contributed by atoms with E-state index in [0.29, 0.717) is 31.7 Å². The van der Waals surface area contributed by atoms with Gasteiger partial charge in [0.15, 0.2) is 0 Å². The molecule has 1 aromatic rings. The summed E-state index contributed by atoms with van der Waals surface area (Å²) < 4.78 is 31.8. The van der Waals surface area contributed by atoms with Crippen LogP contribution in [0.3, 0.4) is 0 Å². The van der Waals surface area contributed by atoms with E-state index < -0.39 is 10.0 Å². The summed E-state index contributed by atoms with van der Waals surface area (Å²) in [7, 11) is 1.29. The average Bonchev–Trinajstić information content (AvgIpc) is 2.54. The number of hydrogen-bond donors (Lipinski definition) is 0. The molecule has 1 aliphatic heterocycles. The van der Waals surface area contributed by atoms with Gasteiger partial charge in [0.2, 0.25) is 15.9 Å². The van der Waals surface area contributed by atoms with Crippen molar-refractivity contribution in [3.05, 3.63) is 23.2 Å². The third kappa shape index (κ3) is 3.79. The van der Waals surface area contributed by atoms with E-state index in [2.05, 4.69) is 0 Å². The lowest BCUT2D eigenvalue weighted by molar-refractivity contribution is -0.134.